The third-order valence-electron chi connectivity index (χ3n) is 4.31. The molecule has 7 heteroatoms. The van der Waals surface area contributed by atoms with Crippen molar-refractivity contribution in [3.63, 3.8) is 0 Å². The molecule has 24 heavy (non-hydrogen) atoms. The van der Waals surface area contributed by atoms with Gasteiger partial charge in [0, 0.05) is 12.8 Å². The molecule has 4 nitrogen and oxygen atoms in total. The Labute approximate surface area is 139 Å². The van der Waals surface area contributed by atoms with E-state index in [0.717, 1.165) is 25.3 Å². The van der Waals surface area contributed by atoms with Crippen molar-refractivity contribution in [2.24, 2.45) is 0 Å². The Morgan fingerprint density at radius 3 is 2.46 bits per heavy atom. The number of anilines is 1. The first kappa shape index (κ1) is 18.6. The molecule has 0 aromatic heterocycles. The van der Waals surface area contributed by atoms with Gasteiger partial charge in [-0.1, -0.05) is 19.3 Å². The summed E-state index contributed by atoms with van der Waals surface area (Å²) in [5.74, 6) is -0.649. The van der Waals surface area contributed by atoms with E-state index >= 15 is 0 Å². The van der Waals surface area contributed by atoms with E-state index < -0.39 is 23.2 Å². The summed E-state index contributed by atoms with van der Waals surface area (Å²) >= 11 is 0. The molecule has 0 saturated heterocycles. The van der Waals surface area contributed by atoms with Gasteiger partial charge in [0.15, 0.2) is 0 Å². The van der Waals surface area contributed by atoms with Crippen LogP contribution in [0.4, 0.5) is 18.9 Å². The zero-order chi connectivity index (χ0) is 17.8. The largest absolute Gasteiger partial charge is 0.493 e. The van der Waals surface area contributed by atoms with Gasteiger partial charge in [0.1, 0.15) is 11.4 Å². The predicted molar refractivity (Wildman–Crippen MR) is 84.1 cm³/mol. The number of nitrogens with one attached hydrogen (secondary N) is 1. The number of alkyl halides is 3. The smallest absolute Gasteiger partial charge is 0.420 e. The van der Waals surface area contributed by atoms with Crippen LogP contribution in [0.5, 0.6) is 5.75 Å². The van der Waals surface area contributed by atoms with Crippen LogP contribution in [0.3, 0.4) is 0 Å². The number of hydrogen-bond acceptors (Lipinski definition) is 3. The van der Waals surface area contributed by atoms with Gasteiger partial charge in [-0.2, -0.15) is 13.2 Å². The highest BCUT2D eigenvalue weighted by molar-refractivity contribution is 5.97. The summed E-state index contributed by atoms with van der Waals surface area (Å²) in [6.45, 7) is 1.74. The molecule has 1 fully saturated rings. The third-order valence-corrected chi connectivity index (χ3v) is 4.31. The van der Waals surface area contributed by atoms with Crippen LogP contribution >= 0.6 is 0 Å². The second-order valence-corrected chi connectivity index (χ2v) is 5.85. The molecule has 2 rings (SSSR count). The Morgan fingerprint density at radius 1 is 1.25 bits per heavy atom. The highest BCUT2D eigenvalue weighted by Gasteiger charge is 2.40. The van der Waals surface area contributed by atoms with Crippen molar-refractivity contribution in [3.8, 4) is 5.75 Å². The Balaban J connectivity index is 2.24. The average molecular weight is 345 g/mol. The van der Waals surface area contributed by atoms with Gasteiger partial charge in [-0.15, -0.1) is 0 Å². The van der Waals surface area contributed by atoms with Crippen LogP contribution < -0.4 is 10.1 Å². The van der Waals surface area contributed by atoms with E-state index in [0.29, 0.717) is 12.8 Å². The summed E-state index contributed by atoms with van der Waals surface area (Å²) < 4.78 is 49.9. The molecule has 1 aliphatic rings. The molecule has 1 saturated carbocycles. The van der Waals surface area contributed by atoms with Gasteiger partial charge in [-0.05, 0) is 38.0 Å². The van der Waals surface area contributed by atoms with E-state index in [4.69, 9.17) is 9.47 Å². The van der Waals surface area contributed by atoms with Crippen LogP contribution in [-0.2, 0) is 15.7 Å². The maximum absolute atomic E-state index is 13.2. The Kier molecular flexibility index (Phi) is 5.74. The molecule has 0 unspecified atom stereocenters. The van der Waals surface area contributed by atoms with Crippen LogP contribution in [0.2, 0.25) is 0 Å². The highest BCUT2D eigenvalue weighted by Crippen LogP contribution is 2.38. The zero-order valence-electron chi connectivity index (χ0n) is 13.8. The average Bonchev–Trinajstić information content (AvgIpc) is 2.56. The van der Waals surface area contributed by atoms with Crippen molar-refractivity contribution in [1.82, 2.24) is 0 Å². The molecule has 1 amide bonds. The highest BCUT2D eigenvalue weighted by atomic mass is 19.4. The molecule has 0 atom stereocenters. The molecule has 1 aromatic rings. The van der Waals surface area contributed by atoms with Crippen molar-refractivity contribution in [1.29, 1.82) is 0 Å². The van der Waals surface area contributed by atoms with Crippen molar-refractivity contribution in [2.75, 3.05) is 19.0 Å². The lowest BCUT2D eigenvalue weighted by molar-refractivity contribution is -0.142. The van der Waals surface area contributed by atoms with Crippen LogP contribution in [0.1, 0.15) is 44.6 Å². The number of methoxy groups -OCH3 is 1. The second-order valence-electron chi connectivity index (χ2n) is 5.85. The molecule has 134 valence electrons. The molecule has 1 N–H and O–H groups in total. The van der Waals surface area contributed by atoms with Gasteiger partial charge in [0.05, 0.1) is 12.2 Å². The predicted octanol–water partition coefficient (Wildman–Crippen LogP) is 4.39. The fourth-order valence-corrected chi connectivity index (χ4v) is 3.00. The summed E-state index contributed by atoms with van der Waals surface area (Å²) in [6, 6.07) is 3.53. The summed E-state index contributed by atoms with van der Waals surface area (Å²) in [7, 11) is 1.46. The summed E-state index contributed by atoms with van der Waals surface area (Å²) in [5.41, 5.74) is -1.79. The Morgan fingerprint density at radius 2 is 1.92 bits per heavy atom. The summed E-state index contributed by atoms with van der Waals surface area (Å²) in [4.78, 5) is 12.5. The lowest BCUT2D eigenvalue weighted by Crippen LogP contribution is -2.46. The number of benzene rings is 1. The first-order valence-corrected chi connectivity index (χ1v) is 8.03. The fraction of sp³-hybridized carbons (Fsp3) is 0.588. The maximum atomic E-state index is 13.2. The Bertz CT molecular complexity index is 581. The lowest BCUT2D eigenvalue weighted by atomic mass is 9.84. The number of amides is 1. The van der Waals surface area contributed by atoms with E-state index in [1.807, 2.05) is 0 Å². The number of carbonyl (C=O) groups is 1. The van der Waals surface area contributed by atoms with Crippen LogP contribution in [0.25, 0.3) is 0 Å². The maximum Gasteiger partial charge on any atom is 0.420 e. The summed E-state index contributed by atoms with van der Waals surface area (Å²) in [5, 5.41) is 2.57. The van der Waals surface area contributed by atoms with E-state index in [9.17, 15) is 18.0 Å². The molecule has 0 bridgehead atoms. The van der Waals surface area contributed by atoms with Gasteiger partial charge in [-0.3, -0.25) is 4.79 Å². The lowest BCUT2D eigenvalue weighted by Gasteiger charge is -2.34. The number of hydrogen-bond donors (Lipinski definition) is 1. The fourth-order valence-electron chi connectivity index (χ4n) is 3.00. The zero-order valence-corrected chi connectivity index (χ0v) is 13.8. The summed E-state index contributed by atoms with van der Waals surface area (Å²) in [6.07, 6.45) is -0.678. The molecule has 1 aromatic carbocycles. The molecule has 0 spiro atoms. The van der Waals surface area contributed by atoms with Crippen molar-refractivity contribution < 1.29 is 27.4 Å². The number of carbonyl (C=O) groups excluding carboxylic acids is 1. The first-order chi connectivity index (χ1) is 11.3. The monoisotopic (exact) mass is 345 g/mol. The topological polar surface area (TPSA) is 47.6 Å². The van der Waals surface area contributed by atoms with Gasteiger partial charge < -0.3 is 14.8 Å². The van der Waals surface area contributed by atoms with Crippen LogP contribution in [-0.4, -0.2) is 25.2 Å². The minimum Gasteiger partial charge on any atom is -0.493 e. The molecule has 0 radical (unpaired) electrons. The van der Waals surface area contributed by atoms with Crippen molar-refractivity contribution in [3.05, 3.63) is 23.8 Å². The van der Waals surface area contributed by atoms with Gasteiger partial charge >= 0.3 is 6.18 Å². The van der Waals surface area contributed by atoms with Crippen molar-refractivity contribution in [2.45, 2.75) is 50.8 Å². The molecule has 0 heterocycles. The van der Waals surface area contributed by atoms with Gasteiger partial charge in [0.25, 0.3) is 5.91 Å². The number of ether oxygens (including phenoxy) is 2. The van der Waals surface area contributed by atoms with E-state index in [1.165, 1.54) is 19.2 Å². The second kappa shape index (κ2) is 7.42. The normalized spacial score (nSPS) is 17.4. The van der Waals surface area contributed by atoms with Gasteiger partial charge in [-0.25, -0.2) is 0 Å². The Hall–Kier alpha value is -1.76. The standard InChI is InChI=1S/C17H22F3NO3/c1-3-24-14-8-7-12(11-13(14)17(18,19)20)21-15(22)16(23-2)9-5-4-6-10-16/h7-8,11H,3-6,9-10H2,1-2H3,(H,21,22). The molecular formula is C17H22F3NO3. The van der Waals surface area contributed by atoms with Crippen LogP contribution in [0.15, 0.2) is 18.2 Å². The molecular weight excluding hydrogens is 323 g/mol. The number of halogens is 3. The minimum atomic E-state index is -4.56. The molecule has 0 aliphatic heterocycles. The van der Waals surface area contributed by atoms with Gasteiger partial charge in [0.2, 0.25) is 0 Å². The quantitative estimate of drug-likeness (QED) is 0.861. The van der Waals surface area contributed by atoms with E-state index in [2.05, 4.69) is 5.32 Å². The minimum absolute atomic E-state index is 0.0813. The van der Waals surface area contributed by atoms with E-state index in [1.54, 1.807) is 6.92 Å². The first-order valence-electron chi connectivity index (χ1n) is 8.03. The SMILES string of the molecule is CCOc1ccc(NC(=O)C2(OC)CCCCC2)cc1C(F)(F)F. The van der Waals surface area contributed by atoms with E-state index in [-0.39, 0.29) is 18.0 Å². The third kappa shape index (κ3) is 4.01. The molecule has 1 aliphatic carbocycles. The number of rotatable bonds is 5. The van der Waals surface area contributed by atoms with Crippen LogP contribution in [0, 0.1) is 0 Å². The van der Waals surface area contributed by atoms with Crippen molar-refractivity contribution >= 4 is 11.6 Å².